The monoisotopic (exact) mass is 280 g/mol. The Bertz CT molecular complexity index is 264. The van der Waals surface area contributed by atoms with Crippen molar-refractivity contribution >= 4 is 5.69 Å². The minimum Gasteiger partial charge on any atom is -0.369 e. The van der Waals surface area contributed by atoms with E-state index in [2.05, 4.69) is 47.1 Å². The molecule has 1 aliphatic heterocycles. The van der Waals surface area contributed by atoms with Gasteiger partial charge in [-0.1, -0.05) is 66.7 Å². The normalized spacial score (nSPS) is 13.8. The van der Waals surface area contributed by atoms with Crippen LogP contribution in [-0.2, 0) is 0 Å². The Morgan fingerprint density at radius 1 is 0.750 bits per heavy atom. The molecule has 1 heterocycles. The highest BCUT2D eigenvalue weighted by Gasteiger charge is 2.14. The number of nitrogens with zero attached hydrogens (tertiary/aromatic N) is 2. The predicted octanol–water partition coefficient (Wildman–Crippen LogP) is 4.91. The van der Waals surface area contributed by atoms with Crippen LogP contribution in [0.15, 0.2) is 30.3 Å². The van der Waals surface area contributed by atoms with Crippen molar-refractivity contribution in [2.24, 2.45) is 0 Å². The van der Waals surface area contributed by atoms with Crippen LogP contribution in [0.5, 0.6) is 0 Å². The molecule has 0 spiro atoms. The zero-order valence-electron chi connectivity index (χ0n) is 14.8. The number of benzene rings is 1. The summed E-state index contributed by atoms with van der Waals surface area (Å²) in [5, 5.41) is 0. The van der Waals surface area contributed by atoms with E-state index in [9.17, 15) is 0 Å². The average Bonchev–Trinajstić information content (AvgIpc) is 2.61. The van der Waals surface area contributed by atoms with E-state index in [1.54, 1.807) is 0 Å². The number of hydrogen-bond acceptors (Lipinski definition) is 2. The van der Waals surface area contributed by atoms with Gasteiger partial charge in [-0.05, 0) is 18.7 Å². The third-order valence-corrected chi connectivity index (χ3v) is 2.94. The maximum Gasteiger partial charge on any atom is 0.0367 e. The second-order valence-corrected chi connectivity index (χ2v) is 3.76. The van der Waals surface area contributed by atoms with Gasteiger partial charge in [0.1, 0.15) is 0 Å². The summed E-state index contributed by atoms with van der Waals surface area (Å²) in [5.41, 5.74) is 1.36. The Labute approximate surface area is 127 Å². The fourth-order valence-corrected chi connectivity index (χ4v) is 1.96. The first-order valence-electron chi connectivity index (χ1n) is 8.42. The van der Waals surface area contributed by atoms with Gasteiger partial charge in [0.05, 0.1) is 0 Å². The van der Waals surface area contributed by atoms with Crippen LogP contribution in [0.1, 0.15) is 48.5 Å². The summed E-state index contributed by atoms with van der Waals surface area (Å²) in [7, 11) is 0. The van der Waals surface area contributed by atoms with Gasteiger partial charge in [0.25, 0.3) is 0 Å². The van der Waals surface area contributed by atoms with Crippen molar-refractivity contribution in [3.63, 3.8) is 0 Å². The first-order chi connectivity index (χ1) is 9.90. The molecule has 0 unspecified atom stereocenters. The molecule has 0 saturated carbocycles. The zero-order chi connectivity index (χ0) is 15.8. The van der Waals surface area contributed by atoms with Gasteiger partial charge in [-0.3, -0.25) is 0 Å². The van der Waals surface area contributed by atoms with Gasteiger partial charge < -0.3 is 9.80 Å². The van der Waals surface area contributed by atoms with E-state index in [-0.39, 0.29) is 0 Å². The topological polar surface area (TPSA) is 6.48 Å². The van der Waals surface area contributed by atoms with Crippen molar-refractivity contribution in [2.75, 3.05) is 37.6 Å². The molecule has 1 aliphatic rings. The fraction of sp³-hybridized carbons (Fsp3) is 0.667. The molecule has 1 aromatic rings. The summed E-state index contributed by atoms with van der Waals surface area (Å²) in [6, 6.07) is 10.7. The van der Waals surface area contributed by atoms with Gasteiger partial charge in [-0.25, -0.2) is 0 Å². The van der Waals surface area contributed by atoms with Crippen molar-refractivity contribution in [3.05, 3.63) is 30.3 Å². The first kappa shape index (κ1) is 21.3. The highest BCUT2D eigenvalue weighted by Crippen LogP contribution is 2.14. The summed E-state index contributed by atoms with van der Waals surface area (Å²) in [4.78, 5) is 4.96. The molecule has 118 valence electrons. The van der Waals surface area contributed by atoms with E-state index >= 15 is 0 Å². The summed E-state index contributed by atoms with van der Waals surface area (Å²) < 4.78 is 0. The molecule has 0 radical (unpaired) electrons. The van der Waals surface area contributed by atoms with E-state index < -0.39 is 0 Å². The molecular formula is C18H36N2. The quantitative estimate of drug-likeness (QED) is 0.759. The lowest BCUT2D eigenvalue weighted by Crippen LogP contribution is -2.46. The van der Waals surface area contributed by atoms with Gasteiger partial charge in [-0.2, -0.15) is 0 Å². The standard InChI is InChI=1S/C12H18N2.3C2H6/c1-2-13-8-10-14(11-9-13)12-6-4-3-5-7-12;3*1-2/h3-7H,2,8-11H2,1H3;3*1-2H3. The number of para-hydroxylation sites is 1. The molecular weight excluding hydrogens is 244 g/mol. The van der Waals surface area contributed by atoms with Gasteiger partial charge in [0.2, 0.25) is 0 Å². The summed E-state index contributed by atoms with van der Waals surface area (Å²) >= 11 is 0. The smallest absolute Gasteiger partial charge is 0.0367 e. The van der Waals surface area contributed by atoms with Crippen molar-refractivity contribution < 1.29 is 0 Å². The zero-order valence-corrected chi connectivity index (χ0v) is 14.8. The third-order valence-electron chi connectivity index (χ3n) is 2.94. The highest BCUT2D eigenvalue weighted by atomic mass is 15.3. The Morgan fingerprint density at radius 3 is 1.60 bits per heavy atom. The van der Waals surface area contributed by atoms with Crippen molar-refractivity contribution in [3.8, 4) is 0 Å². The highest BCUT2D eigenvalue weighted by molar-refractivity contribution is 5.46. The molecule has 0 amide bonds. The second kappa shape index (κ2) is 16.0. The van der Waals surface area contributed by atoms with Crippen LogP contribution in [0.2, 0.25) is 0 Å². The number of likely N-dealkylation sites (N-methyl/N-ethyl adjacent to an activating group) is 1. The van der Waals surface area contributed by atoms with E-state index in [1.165, 1.54) is 25.3 Å². The first-order valence-corrected chi connectivity index (χ1v) is 8.42. The molecule has 2 rings (SSSR count). The van der Waals surface area contributed by atoms with Crippen LogP contribution < -0.4 is 4.90 Å². The largest absolute Gasteiger partial charge is 0.369 e. The Kier molecular flexibility index (Phi) is 17.1. The molecule has 0 N–H and O–H groups in total. The van der Waals surface area contributed by atoms with Crippen LogP contribution in [-0.4, -0.2) is 37.6 Å². The van der Waals surface area contributed by atoms with Crippen LogP contribution in [0, 0.1) is 0 Å². The van der Waals surface area contributed by atoms with Gasteiger partial charge in [0.15, 0.2) is 0 Å². The molecule has 2 nitrogen and oxygen atoms in total. The summed E-state index contributed by atoms with van der Waals surface area (Å²) in [6.45, 7) is 20.1. The Morgan fingerprint density at radius 2 is 1.20 bits per heavy atom. The molecule has 1 aromatic carbocycles. The number of piperazine rings is 1. The second-order valence-electron chi connectivity index (χ2n) is 3.76. The number of anilines is 1. The van der Waals surface area contributed by atoms with Crippen LogP contribution in [0.4, 0.5) is 5.69 Å². The van der Waals surface area contributed by atoms with Gasteiger partial charge >= 0.3 is 0 Å². The van der Waals surface area contributed by atoms with Crippen molar-refractivity contribution in [2.45, 2.75) is 48.5 Å². The Hall–Kier alpha value is -1.02. The molecule has 0 bridgehead atoms. The van der Waals surface area contributed by atoms with E-state index in [0.29, 0.717) is 0 Å². The summed E-state index contributed by atoms with van der Waals surface area (Å²) in [6.07, 6.45) is 0. The molecule has 1 fully saturated rings. The molecule has 20 heavy (non-hydrogen) atoms. The lowest BCUT2D eigenvalue weighted by Gasteiger charge is -2.35. The molecule has 1 saturated heterocycles. The fourth-order valence-electron chi connectivity index (χ4n) is 1.96. The molecule has 0 aromatic heterocycles. The summed E-state index contributed by atoms with van der Waals surface area (Å²) in [5.74, 6) is 0. The predicted molar refractivity (Wildman–Crippen MR) is 94.8 cm³/mol. The van der Waals surface area contributed by atoms with Crippen LogP contribution >= 0.6 is 0 Å². The molecule has 0 atom stereocenters. The van der Waals surface area contributed by atoms with E-state index in [4.69, 9.17) is 0 Å². The van der Waals surface area contributed by atoms with Crippen molar-refractivity contribution in [1.82, 2.24) is 4.90 Å². The molecule has 0 aliphatic carbocycles. The lowest BCUT2D eigenvalue weighted by molar-refractivity contribution is 0.271. The average molecular weight is 281 g/mol. The minimum absolute atomic E-state index is 1.16. The van der Waals surface area contributed by atoms with Gasteiger partial charge in [0, 0.05) is 31.9 Å². The molecule has 2 heteroatoms. The minimum atomic E-state index is 1.16. The third kappa shape index (κ3) is 8.21. The number of hydrogen-bond donors (Lipinski definition) is 0. The van der Waals surface area contributed by atoms with Crippen LogP contribution in [0.3, 0.4) is 0 Å². The number of rotatable bonds is 2. The Balaban J connectivity index is 0. The van der Waals surface area contributed by atoms with Crippen molar-refractivity contribution in [1.29, 1.82) is 0 Å². The van der Waals surface area contributed by atoms with E-state index in [1.807, 2.05) is 41.5 Å². The lowest BCUT2D eigenvalue weighted by atomic mass is 10.2. The van der Waals surface area contributed by atoms with Gasteiger partial charge in [-0.15, -0.1) is 0 Å². The maximum absolute atomic E-state index is 2.50. The van der Waals surface area contributed by atoms with E-state index in [0.717, 1.165) is 13.1 Å². The maximum atomic E-state index is 2.50. The van der Waals surface area contributed by atoms with Crippen LogP contribution in [0.25, 0.3) is 0 Å². The SMILES string of the molecule is CC.CC.CC.CCN1CCN(c2ccccc2)CC1.